The van der Waals surface area contributed by atoms with E-state index < -0.39 is 11.9 Å². The van der Waals surface area contributed by atoms with Crippen molar-refractivity contribution in [2.75, 3.05) is 32.9 Å². The first-order valence-electron chi connectivity index (χ1n) is 10.1. The molecule has 2 fully saturated rings. The van der Waals surface area contributed by atoms with Gasteiger partial charge in [-0.1, -0.05) is 25.3 Å². The summed E-state index contributed by atoms with van der Waals surface area (Å²) in [7, 11) is 3.91. The van der Waals surface area contributed by atoms with Crippen molar-refractivity contribution in [2.45, 2.75) is 43.5 Å². The van der Waals surface area contributed by atoms with E-state index in [2.05, 4.69) is 5.32 Å². The number of nitrogens with zero attached hydrogens (tertiary/aromatic N) is 2. The van der Waals surface area contributed by atoms with Crippen molar-refractivity contribution >= 4 is 23.6 Å². The SMILES string of the molecule is CN(C)CCNC(=O)C1CSC(C2CCCCC2)N1C(=O)c1cccc(F)c1. The van der Waals surface area contributed by atoms with Crippen molar-refractivity contribution in [3.63, 3.8) is 0 Å². The van der Waals surface area contributed by atoms with Crippen LogP contribution in [-0.4, -0.2) is 66.0 Å². The number of thioether (sulfide) groups is 1. The van der Waals surface area contributed by atoms with Crippen LogP contribution in [0.5, 0.6) is 0 Å². The largest absolute Gasteiger partial charge is 0.353 e. The summed E-state index contributed by atoms with van der Waals surface area (Å²) in [6.45, 7) is 1.29. The Kier molecular flexibility index (Phi) is 7.35. The Balaban J connectivity index is 1.80. The molecule has 0 spiro atoms. The first-order valence-corrected chi connectivity index (χ1v) is 11.1. The lowest BCUT2D eigenvalue weighted by atomic mass is 9.88. The van der Waals surface area contributed by atoms with Crippen molar-refractivity contribution in [3.8, 4) is 0 Å². The van der Waals surface area contributed by atoms with Gasteiger partial charge in [-0.15, -0.1) is 11.8 Å². The molecule has 7 heteroatoms. The molecule has 1 saturated carbocycles. The summed E-state index contributed by atoms with van der Waals surface area (Å²) in [5.41, 5.74) is 0.314. The van der Waals surface area contributed by atoms with Gasteiger partial charge in [0.05, 0.1) is 5.37 Å². The number of carbonyl (C=O) groups excluding carboxylic acids is 2. The minimum atomic E-state index is -0.505. The molecule has 154 valence electrons. The fourth-order valence-corrected chi connectivity index (χ4v) is 5.70. The molecule has 1 aromatic rings. The highest BCUT2D eigenvalue weighted by Gasteiger charge is 2.45. The summed E-state index contributed by atoms with van der Waals surface area (Å²) in [5.74, 6) is 0.204. The number of nitrogens with one attached hydrogen (secondary N) is 1. The average Bonchev–Trinajstić information content (AvgIpc) is 3.13. The third-order valence-electron chi connectivity index (χ3n) is 5.55. The van der Waals surface area contributed by atoms with Crippen molar-refractivity contribution in [3.05, 3.63) is 35.6 Å². The second-order valence-corrected chi connectivity index (χ2v) is 9.10. The zero-order chi connectivity index (χ0) is 20.1. The fourth-order valence-electron chi connectivity index (χ4n) is 4.06. The van der Waals surface area contributed by atoms with E-state index in [-0.39, 0.29) is 17.2 Å². The molecule has 28 heavy (non-hydrogen) atoms. The van der Waals surface area contributed by atoms with Crippen LogP contribution in [0.2, 0.25) is 0 Å². The number of amides is 2. The van der Waals surface area contributed by atoms with Gasteiger partial charge in [0.1, 0.15) is 11.9 Å². The molecule has 5 nitrogen and oxygen atoms in total. The molecule has 1 heterocycles. The molecule has 1 N–H and O–H groups in total. The molecule has 2 aliphatic rings. The Morgan fingerprint density at radius 1 is 1.25 bits per heavy atom. The van der Waals surface area contributed by atoms with E-state index >= 15 is 0 Å². The summed E-state index contributed by atoms with van der Waals surface area (Å²) < 4.78 is 13.7. The fraction of sp³-hybridized carbons (Fsp3) is 0.619. The third kappa shape index (κ3) is 5.06. The number of benzene rings is 1. The van der Waals surface area contributed by atoms with Gasteiger partial charge in [-0.3, -0.25) is 9.59 Å². The minimum Gasteiger partial charge on any atom is -0.353 e. The maximum absolute atomic E-state index is 13.7. The van der Waals surface area contributed by atoms with Crippen LogP contribution in [0.15, 0.2) is 24.3 Å². The molecule has 3 rings (SSSR count). The van der Waals surface area contributed by atoms with E-state index in [0.717, 1.165) is 19.4 Å². The van der Waals surface area contributed by atoms with Crippen LogP contribution in [0.25, 0.3) is 0 Å². The van der Waals surface area contributed by atoms with Crippen LogP contribution in [0.1, 0.15) is 42.5 Å². The highest BCUT2D eigenvalue weighted by atomic mass is 32.2. The van der Waals surface area contributed by atoms with Gasteiger partial charge < -0.3 is 15.1 Å². The molecule has 2 unspecified atom stereocenters. The van der Waals surface area contributed by atoms with E-state index in [1.54, 1.807) is 28.8 Å². The first-order chi connectivity index (χ1) is 13.5. The lowest BCUT2D eigenvalue weighted by Crippen LogP contribution is -2.52. The van der Waals surface area contributed by atoms with Crippen LogP contribution in [0, 0.1) is 11.7 Å². The summed E-state index contributed by atoms with van der Waals surface area (Å²) in [6.07, 6.45) is 5.74. The van der Waals surface area contributed by atoms with Crippen molar-refractivity contribution < 1.29 is 14.0 Å². The Morgan fingerprint density at radius 2 is 2.00 bits per heavy atom. The van der Waals surface area contributed by atoms with Gasteiger partial charge in [-0.05, 0) is 51.1 Å². The highest BCUT2D eigenvalue weighted by Crippen LogP contribution is 2.41. The molecule has 0 radical (unpaired) electrons. The minimum absolute atomic E-state index is 0.0133. The molecule has 2 amide bonds. The molecular formula is C21H30FN3O2S. The number of rotatable bonds is 6. The maximum atomic E-state index is 13.7. The van der Waals surface area contributed by atoms with Crippen molar-refractivity contribution in [1.82, 2.24) is 15.1 Å². The second-order valence-electron chi connectivity index (χ2n) is 7.95. The lowest BCUT2D eigenvalue weighted by Gasteiger charge is -2.35. The number of hydrogen-bond donors (Lipinski definition) is 1. The van der Waals surface area contributed by atoms with Gasteiger partial charge in [-0.2, -0.15) is 0 Å². The van der Waals surface area contributed by atoms with E-state index in [4.69, 9.17) is 0 Å². The van der Waals surface area contributed by atoms with Gasteiger partial charge in [-0.25, -0.2) is 4.39 Å². The molecule has 0 aromatic heterocycles. The number of carbonyl (C=O) groups is 2. The van der Waals surface area contributed by atoms with Crippen molar-refractivity contribution in [1.29, 1.82) is 0 Å². The summed E-state index contributed by atoms with van der Waals surface area (Å²) in [5, 5.41) is 2.95. The Labute approximate surface area is 171 Å². The Morgan fingerprint density at radius 3 is 2.68 bits per heavy atom. The predicted octanol–water partition coefficient (Wildman–Crippen LogP) is 2.97. The maximum Gasteiger partial charge on any atom is 0.255 e. The Bertz CT molecular complexity index is 694. The molecule has 0 bridgehead atoms. The quantitative estimate of drug-likeness (QED) is 0.788. The predicted molar refractivity (Wildman–Crippen MR) is 111 cm³/mol. The van der Waals surface area contributed by atoms with Gasteiger partial charge in [0, 0.05) is 24.4 Å². The molecule has 1 saturated heterocycles. The molecule has 2 atom stereocenters. The van der Waals surface area contributed by atoms with E-state index in [1.165, 1.54) is 31.4 Å². The van der Waals surface area contributed by atoms with Crippen LogP contribution in [0.3, 0.4) is 0 Å². The van der Waals surface area contributed by atoms with Crippen LogP contribution in [0.4, 0.5) is 4.39 Å². The molecular weight excluding hydrogens is 377 g/mol. The molecule has 1 aromatic carbocycles. The smallest absolute Gasteiger partial charge is 0.255 e. The zero-order valence-corrected chi connectivity index (χ0v) is 17.5. The molecule has 1 aliphatic heterocycles. The number of hydrogen-bond acceptors (Lipinski definition) is 4. The lowest BCUT2D eigenvalue weighted by molar-refractivity contribution is -0.125. The summed E-state index contributed by atoms with van der Waals surface area (Å²) in [4.78, 5) is 29.9. The van der Waals surface area contributed by atoms with E-state index in [1.807, 2.05) is 19.0 Å². The second kappa shape index (κ2) is 9.74. The van der Waals surface area contributed by atoms with Gasteiger partial charge >= 0.3 is 0 Å². The van der Waals surface area contributed by atoms with Crippen LogP contribution >= 0.6 is 11.8 Å². The Hall–Kier alpha value is -1.60. The normalized spacial score (nSPS) is 23.2. The van der Waals surface area contributed by atoms with Crippen molar-refractivity contribution in [2.24, 2.45) is 5.92 Å². The third-order valence-corrected chi connectivity index (χ3v) is 7.02. The van der Waals surface area contributed by atoms with Crippen LogP contribution < -0.4 is 5.32 Å². The standard InChI is InChI=1S/C21H30FN3O2S/c1-24(2)12-11-23-19(26)18-14-28-21(15-7-4-3-5-8-15)25(18)20(27)16-9-6-10-17(22)13-16/h6,9-10,13,15,18,21H,3-5,7-8,11-12,14H2,1-2H3,(H,23,26). The van der Waals surface area contributed by atoms with Gasteiger partial charge in [0.2, 0.25) is 5.91 Å². The monoisotopic (exact) mass is 407 g/mol. The highest BCUT2D eigenvalue weighted by molar-refractivity contribution is 8.00. The van der Waals surface area contributed by atoms with Crippen LogP contribution in [-0.2, 0) is 4.79 Å². The first kappa shape index (κ1) is 21.1. The summed E-state index contributed by atoms with van der Waals surface area (Å²) >= 11 is 1.70. The average molecular weight is 408 g/mol. The van der Waals surface area contributed by atoms with Gasteiger partial charge in [0.15, 0.2) is 0 Å². The topological polar surface area (TPSA) is 52.7 Å². The van der Waals surface area contributed by atoms with Gasteiger partial charge in [0.25, 0.3) is 5.91 Å². The van der Waals surface area contributed by atoms with E-state index in [9.17, 15) is 14.0 Å². The molecule has 1 aliphatic carbocycles. The number of halogens is 1. The van der Waals surface area contributed by atoms with E-state index in [0.29, 0.717) is 23.8 Å². The summed E-state index contributed by atoms with van der Waals surface area (Å²) in [6, 6.07) is 5.28. The zero-order valence-electron chi connectivity index (χ0n) is 16.7. The number of likely N-dealkylation sites (N-methyl/N-ethyl adjacent to an activating group) is 1.